The minimum atomic E-state index is -0.691. The summed E-state index contributed by atoms with van der Waals surface area (Å²) in [6, 6.07) is 3.97. The summed E-state index contributed by atoms with van der Waals surface area (Å²) in [5.74, 6) is 0.109. The average molecular weight is 240 g/mol. The van der Waals surface area contributed by atoms with E-state index in [0.717, 1.165) is 0 Å². The second-order valence-corrected chi connectivity index (χ2v) is 3.49. The van der Waals surface area contributed by atoms with Crippen LogP contribution in [0.1, 0.15) is 10.4 Å². The van der Waals surface area contributed by atoms with Gasteiger partial charge in [0.05, 0.1) is 31.9 Å². The first-order valence-electron chi connectivity index (χ1n) is 5.08. The molecule has 0 bridgehead atoms. The number of ether oxygens (including phenoxy) is 1. The van der Waals surface area contributed by atoms with Crippen LogP contribution in [0, 0.1) is 0 Å². The van der Waals surface area contributed by atoms with Gasteiger partial charge < -0.3 is 26.0 Å². The molecule has 1 aromatic carbocycles. The molecule has 0 radical (unpaired) electrons. The summed E-state index contributed by atoms with van der Waals surface area (Å²) >= 11 is 0. The molecule has 5 N–H and O–H groups in total. The molecule has 0 saturated heterocycles. The molecule has 6 heteroatoms. The topological polar surface area (TPSA) is 105 Å². The van der Waals surface area contributed by atoms with Crippen molar-refractivity contribution in [2.75, 3.05) is 26.1 Å². The van der Waals surface area contributed by atoms with Crippen molar-refractivity contribution in [3.63, 3.8) is 0 Å². The number of aliphatic hydroxyl groups is 2. The number of methoxy groups -OCH3 is 1. The number of nitrogens with two attached hydrogens (primary N) is 1. The maximum atomic E-state index is 11.7. The second-order valence-electron chi connectivity index (χ2n) is 3.49. The van der Waals surface area contributed by atoms with E-state index in [1.54, 1.807) is 6.07 Å². The van der Waals surface area contributed by atoms with Gasteiger partial charge in [0.25, 0.3) is 5.91 Å². The summed E-state index contributed by atoms with van der Waals surface area (Å²) in [4.78, 5) is 11.7. The number of nitrogens with one attached hydrogen (secondary N) is 1. The molecule has 17 heavy (non-hydrogen) atoms. The van der Waals surface area contributed by atoms with E-state index in [9.17, 15) is 4.79 Å². The Balaban J connectivity index is 2.82. The summed E-state index contributed by atoms with van der Waals surface area (Å²) in [6.07, 6.45) is 0. The molecular weight excluding hydrogens is 224 g/mol. The monoisotopic (exact) mass is 240 g/mol. The molecule has 0 fully saturated rings. The van der Waals surface area contributed by atoms with Gasteiger partial charge >= 0.3 is 0 Å². The number of rotatable bonds is 5. The van der Waals surface area contributed by atoms with Crippen molar-refractivity contribution >= 4 is 11.6 Å². The molecule has 0 aliphatic carbocycles. The molecule has 0 spiro atoms. The van der Waals surface area contributed by atoms with E-state index < -0.39 is 11.9 Å². The summed E-state index contributed by atoms with van der Waals surface area (Å²) in [5.41, 5.74) is 6.24. The molecule has 0 atom stereocenters. The largest absolute Gasteiger partial charge is 0.497 e. The van der Waals surface area contributed by atoms with Gasteiger partial charge in [0, 0.05) is 11.8 Å². The van der Waals surface area contributed by atoms with Gasteiger partial charge in [0.2, 0.25) is 0 Å². The molecule has 6 nitrogen and oxygen atoms in total. The maximum Gasteiger partial charge on any atom is 0.253 e. The van der Waals surface area contributed by atoms with Gasteiger partial charge in [-0.25, -0.2) is 0 Å². The Morgan fingerprint density at radius 2 is 2.12 bits per heavy atom. The fraction of sp³-hybridized carbons (Fsp3) is 0.364. The number of aliphatic hydroxyl groups excluding tert-OH is 2. The lowest BCUT2D eigenvalue weighted by Crippen LogP contribution is -2.40. The smallest absolute Gasteiger partial charge is 0.253 e. The third-order valence-electron chi connectivity index (χ3n) is 2.28. The number of amides is 1. The van der Waals surface area contributed by atoms with Crippen LogP contribution in [-0.2, 0) is 0 Å². The van der Waals surface area contributed by atoms with Crippen molar-refractivity contribution in [2.45, 2.75) is 6.04 Å². The van der Waals surface area contributed by atoms with Gasteiger partial charge in [-0.15, -0.1) is 0 Å². The Morgan fingerprint density at radius 1 is 1.47 bits per heavy atom. The highest BCUT2D eigenvalue weighted by Gasteiger charge is 2.14. The SMILES string of the molecule is COc1ccc(C(=O)NC(CO)CO)c(N)c1. The normalized spacial score (nSPS) is 10.4. The third kappa shape index (κ3) is 3.33. The van der Waals surface area contributed by atoms with Gasteiger partial charge in [-0.05, 0) is 12.1 Å². The molecule has 1 rings (SSSR count). The number of nitrogen functional groups attached to an aromatic ring is 1. The van der Waals surface area contributed by atoms with Crippen LogP contribution >= 0.6 is 0 Å². The highest BCUT2D eigenvalue weighted by Crippen LogP contribution is 2.19. The van der Waals surface area contributed by atoms with E-state index in [1.807, 2.05) is 0 Å². The molecular formula is C11H16N2O4. The van der Waals surface area contributed by atoms with E-state index in [-0.39, 0.29) is 24.5 Å². The van der Waals surface area contributed by atoms with Crippen LogP contribution in [0.25, 0.3) is 0 Å². The van der Waals surface area contributed by atoms with Crippen LogP contribution in [0.3, 0.4) is 0 Å². The maximum absolute atomic E-state index is 11.7. The van der Waals surface area contributed by atoms with Crippen molar-refractivity contribution in [1.29, 1.82) is 0 Å². The average Bonchev–Trinajstić information content (AvgIpc) is 2.35. The number of carbonyl (C=O) groups excluding carboxylic acids is 1. The van der Waals surface area contributed by atoms with Crippen LogP contribution in [0.2, 0.25) is 0 Å². The molecule has 0 aliphatic heterocycles. The predicted molar refractivity (Wildman–Crippen MR) is 62.8 cm³/mol. The van der Waals surface area contributed by atoms with Gasteiger partial charge in [-0.2, -0.15) is 0 Å². The number of carbonyl (C=O) groups is 1. The van der Waals surface area contributed by atoms with Crippen LogP contribution < -0.4 is 15.8 Å². The zero-order chi connectivity index (χ0) is 12.8. The summed E-state index contributed by atoms with van der Waals surface area (Å²) in [6.45, 7) is -0.670. The van der Waals surface area contributed by atoms with Gasteiger partial charge in [-0.3, -0.25) is 4.79 Å². The summed E-state index contributed by atoms with van der Waals surface area (Å²) in [7, 11) is 1.50. The minimum Gasteiger partial charge on any atom is -0.497 e. The molecule has 0 aromatic heterocycles. The number of hydrogen-bond acceptors (Lipinski definition) is 5. The molecule has 0 heterocycles. The lowest BCUT2D eigenvalue weighted by atomic mass is 10.1. The van der Waals surface area contributed by atoms with Crippen molar-refractivity contribution in [1.82, 2.24) is 5.32 Å². The summed E-state index contributed by atoms with van der Waals surface area (Å²) in [5, 5.41) is 20.1. The lowest BCUT2D eigenvalue weighted by Gasteiger charge is -2.14. The quantitative estimate of drug-likeness (QED) is 0.512. The third-order valence-corrected chi connectivity index (χ3v) is 2.28. The predicted octanol–water partition coefficient (Wildman–Crippen LogP) is -0.640. The standard InChI is InChI=1S/C11H16N2O4/c1-17-8-2-3-9(10(12)4-8)11(16)13-7(5-14)6-15/h2-4,7,14-15H,5-6,12H2,1H3,(H,13,16). The second kappa shape index (κ2) is 6.07. The highest BCUT2D eigenvalue weighted by atomic mass is 16.5. The minimum absolute atomic E-state index is 0.275. The highest BCUT2D eigenvalue weighted by molar-refractivity contribution is 5.99. The van der Waals surface area contributed by atoms with Crippen LogP contribution in [-0.4, -0.2) is 42.5 Å². The molecule has 0 unspecified atom stereocenters. The fourth-order valence-electron chi connectivity index (χ4n) is 1.29. The molecule has 0 aliphatic rings. The van der Waals surface area contributed by atoms with Gasteiger partial charge in [0.1, 0.15) is 5.75 Å². The Bertz CT molecular complexity index is 391. The number of anilines is 1. The Labute approximate surface area is 99.0 Å². The van der Waals surface area contributed by atoms with Gasteiger partial charge in [0.15, 0.2) is 0 Å². The fourth-order valence-corrected chi connectivity index (χ4v) is 1.29. The van der Waals surface area contributed by atoms with E-state index in [2.05, 4.69) is 5.32 Å². The number of benzene rings is 1. The van der Waals surface area contributed by atoms with Crippen LogP contribution in [0.5, 0.6) is 5.75 Å². The Morgan fingerprint density at radius 3 is 2.59 bits per heavy atom. The van der Waals surface area contributed by atoms with E-state index in [4.69, 9.17) is 20.7 Å². The first-order valence-corrected chi connectivity index (χ1v) is 5.08. The van der Waals surface area contributed by atoms with Crippen molar-refractivity contribution in [3.05, 3.63) is 23.8 Å². The zero-order valence-electron chi connectivity index (χ0n) is 9.51. The van der Waals surface area contributed by atoms with E-state index in [1.165, 1.54) is 19.2 Å². The lowest BCUT2D eigenvalue weighted by molar-refractivity contribution is 0.0880. The van der Waals surface area contributed by atoms with Crippen molar-refractivity contribution in [2.24, 2.45) is 0 Å². The Kier molecular flexibility index (Phi) is 4.74. The number of hydrogen-bond donors (Lipinski definition) is 4. The molecule has 94 valence electrons. The van der Waals surface area contributed by atoms with E-state index >= 15 is 0 Å². The van der Waals surface area contributed by atoms with Crippen molar-refractivity contribution in [3.8, 4) is 5.75 Å². The molecule has 1 aromatic rings. The Hall–Kier alpha value is -1.79. The first kappa shape index (κ1) is 13.3. The van der Waals surface area contributed by atoms with Gasteiger partial charge in [-0.1, -0.05) is 0 Å². The van der Waals surface area contributed by atoms with Crippen LogP contribution in [0.4, 0.5) is 5.69 Å². The van der Waals surface area contributed by atoms with Crippen molar-refractivity contribution < 1.29 is 19.7 Å². The first-order chi connectivity index (χ1) is 8.12. The molecule has 0 saturated carbocycles. The zero-order valence-corrected chi connectivity index (χ0v) is 9.51. The van der Waals surface area contributed by atoms with E-state index in [0.29, 0.717) is 5.75 Å². The van der Waals surface area contributed by atoms with Crippen LogP contribution in [0.15, 0.2) is 18.2 Å². The summed E-state index contributed by atoms with van der Waals surface area (Å²) < 4.78 is 4.96. The molecule has 1 amide bonds.